The SMILES string of the molecule is CCC(CNC)c1nc(C)c(C)[nH]1. The molecule has 3 nitrogen and oxygen atoms in total. The van der Waals surface area contributed by atoms with Crippen LogP contribution >= 0.6 is 0 Å². The third-order valence-corrected chi connectivity index (χ3v) is 2.48. The van der Waals surface area contributed by atoms with Gasteiger partial charge in [0, 0.05) is 18.2 Å². The fourth-order valence-electron chi connectivity index (χ4n) is 1.45. The Labute approximate surface area is 80.0 Å². The number of rotatable bonds is 4. The highest BCUT2D eigenvalue weighted by Gasteiger charge is 2.12. The van der Waals surface area contributed by atoms with Crippen LogP contribution < -0.4 is 5.32 Å². The second kappa shape index (κ2) is 4.42. The lowest BCUT2D eigenvalue weighted by molar-refractivity contribution is 0.584. The molecule has 1 unspecified atom stereocenters. The number of likely N-dealkylation sites (N-methyl/N-ethyl adjacent to an activating group) is 1. The van der Waals surface area contributed by atoms with Crippen molar-refractivity contribution < 1.29 is 0 Å². The zero-order valence-corrected chi connectivity index (χ0v) is 8.94. The minimum atomic E-state index is 0.511. The summed E-state index contributed by atoms with van der Waals surface area (Å²) in [6, 6.07) is 0. The van der Waals surface area contributed by atoms with E-state index in [4.69, 9.17) is 0 Å². The van der Waals surface area contributed by atoms with E-state index in [1.54, 1.807) is 0 Å². The van der Waals surface area contributed by atoms with Crippen LogP contribution in [0, 0.1) is 13.8 Å². The van der Waals surface area contributed by atoms with Gasteiger partial charge in [0.15, 0.2) is 0 Å². The van der Waals surface area contributed by atoms with Crippen LogP contribution in [0.3, 0.4) is 0 Å². The number of hydrogen-bond acceptors (Lipinski definition) is 2. The number of nitrogens with one attached hydrogen (secondary N) is 2. The predicted octanol–water partition coefficient (Wildman–Crippen LogP) is 1.74. The summed E-state index contributed by atoms with van der Waals surface area (Å²) in [4.78, 5) is 7.83. The molecule has 0 amide bonds. The maximum absolute atomic E-state index is 4.50. The van der Waals surface area contributed by atoms with Gasteiger partial charge < -0.3 is 10.3 Å². The lowest BCUT2D eigenvalue weighted by Gasteiger charge is -2.10. The Bertz CT molecular complexity index is 246. The average molecular weight is 181 g/mol. The first kappa shape index (κ1) is 10.3. The Morgan fingerprint density at radius 1 is 1.46 bits per heavy atom. The molecule has 0 aliphatic heterocycles. The van der Waals surface area contributed by atoms with Crippen molar-refractivity contribution in [2.75, 3.05) is 13.6 Å². The number of H-pyrrole nitrogens is 1. The van der Waals surface area contributed by atoms with Crippen molar-refractivity contribution in [3.05, 3.63) is 17.2 Å². The normalized spacial score (nSPS) is 13.2. The molecule has 13 heavy (non-hydrogen) atoms. The van der Waals surface area contributed by atoms with Gasteiger partial charge in [0.25, 0.3) is 0 Å². The van der Waals surface area contributed by atoms with E-state index < -0.39 is 0 Å². The number of hydrogen-bond donors (Lipinski definition) is 2. The summed E-state index contributed by atoms with van der Waals surface area (Å²) in [6.45, 7) is 7.29. The van der Waals surface area contributed by atoms with Gasteiger partial charge in [-0.05, 0) is 27.3 Å². The fraction of sp³-hybridized carbons (Fsp3) is 0.700. The van der Waals surface area contributed by atoms with Crippen molar-refractivity contribution in [1.29, 1.82) is 0 Å². The molecule has 1 aromatic heterocycles. The minimum Gasteiger partial charge on any atom is -0.346 e. The number of nitrogens with zero attached hydrogens (tertiary/aromatic N) is 1. The molecule has 1 rings (SSSR count). The monoisotopic (exact) mass is 181 g/mol. The summed E-state index contributed by atoms with van der Waals surface area (Å²) in [5.41, 5.74) is 2.30. The van der Waals surface area contributed by atoms with Crippen molar-refractivity contribution in [3.63, 3.8) is 0 Å². The summed E-state index contributed by atoms with van der Waals surface area (Å²) in [6.07, 6.45) is 1.12. The topological polar surface area (TPSA) is 40.7 Å². The van der Waals surface area contributed by atoms with Crippen LogP contribution in [-0.4, -0.2) is 23.6 Å². The van der Waals surface area contributed by atoms with Gasteiger partial charge in [0.2, 0.25) is 0 Å². The van der Waals surface area contributed by atoms with Crippen LogP contribution in [-0.2, 0) is 0 Å². The van der Waals surface area contributed by atoms with Gasteiger partial charge in [0.1, 0.15) is 5.82 Å². The number of aromatic nitrogens is 2. The van der Waals surface area contributed by atoms with Crippen LogP contribution in [0.25, 0.3) is 0 Å². The smallest absolute Gasteiger partial charge is 0.110 e. The fourth-order valence-corrected chi connectivity index (χ4v) is 1.45. The highest BCUT2D eigenvalue weighted by atomic mass is 15.0. The lowest BCUT2D eigenvalue weighted by Crippen LogP contribution is -2.17. The average Bonchev–Trinajstić information content (AvgIpc) is 2.43. The molecule has 0 aliphatic rings. The molecule has 3 heteroatoms. The van der Waals surface area contributed by atoms with Gasteiger partial charge in [-0.2, -0.15) is 0 Å². The molecular formula is C10H19N3. The molecule has 0 aliphatic carbocycles. The van der Waals surface area contributed by atoms with Gasteiger partial charge >= 0.3 is 0 Å². The molecule has 2 N–H and O–H groups in total. The van der Waals surface area contributed by atoms with E-state index in [-0.39, 0.29) is 0 Å². The van der Waals surface area contributed by atoms with E-state index in [0.717, 1.165) is 24.5 Å². The molecule has 1 aromatic rings. The highest BCUT2D eigenvalue weighted by Crippen LogP contribution is 2.16. The van der Waals surface area contributed by atoms with Crippen molar-refractivity contribution >= 4 is 0 Å². The standard InChI is InChI=1S/C10H19N3/c1-5-9(6-11-4)10-12-7(2)8(3)13-10/h9,11H,5-6H2,1-4H3,(H,12,13). The van der Waals surface area contributed by atoms with Crippen molar-refractivity contribution in [3.8, 4) is 0 Å². The van der Waals surface area contributed by atoms with E-state index in [9.17, 15) is 0 Å². The van der Waals surface area contributed by atoms with Crippen LogP contribution in [0.2, 0.25) is 0 Å². The van der Waals surface area contributed by atoms with Gasteiger partial charge in [-0.3, -0.25) is 0 Å². The summed E-state index contributed by atoms with van der Waals surface area (Å²) >= 11 is 0. The Kier molecular flexibility index (Phi) is 3.48. The summed E-state index contributed by atoms with van der Waals surface area (Å²) < 4.78 is 0. The minimum absolute atomic E-state index is 0.511. The first-order chi connectivity index (χ1) is 6.19. The maximum atomic E-state index is 4.50. The van der Waals surface area contributed by atoms with Gasteiger partial charge in [0.05, 0.1) is 5.69 Å². The van der Waals surface area contributed by atoms with Gasteiger partial charge in [-0.1, -0.05) is 6.92 Å². The largest absolute Gasteiger partial charge is 0.346 e. The summed E-state index contributed by atoms with van der Waals surface area (Å²) in [5.74, 6) is 1.63. The van der Waals surface area contributed by atoms with Gasteiger partial charge in [-0.25, -0.2) is 4.98 Å². The molecule has 0 aromatic carbocycles. The van der Waals surface area contributed by atoms with E-state index in [0.29, 0.717) is 5.92 Å². The summed E-state index contributed by atoms with van der Waals surface area (Å²) in [5, 5.41) is 3.19. The van der Waals surface area contributed by atoms with Gasteiger partial charge in [-0.15, -0.1) is 0 Å². The number of aryl methyl sites for hydroxylation is 2. The van der Waals surface area contributed by atoms with Crippen LogP contribution in [0.15, 0.2) is 0 Å². The molecular weight excluding hydrogens is 162 g/mol. The lowest BCUT2D eigenvalue weighted by atomic mass is 10.1. The molecule has 0 saturated heterocycles. The van der Waals surface area contributed by atoms with E-state index in [1.807, 2.05) is 14.0 Å². The highest BCUT2D eigenvalue weighted by molar-refractivity contribution is 5.13. The van der Waals surface area contributed by atoms with E-state index >= 15 is 0 Å². The molecule has 0 radical (unpaired) electrons. The van der Waals surface area contributed by atoms with Crippen molar-refractivity contribution in [2.24, 2.45) is 0 Å². The maximum Gasteiger partial charge on any atom is 0.110 e. The van der Waals surface area contributed by atoms with E-state index in [2.05, 4.69) is 29.1 Å². The molecule has 1 atom stereocenters. The first-order valence-corrected chi connectivity index (χ1v) is 4.86. The number of aromatic amines is 1. The van der Waals surface area contributed by atoms with E-state index in [1.165, 1.54) is 5.69 Å². The van der Waals surface area contributed by atoms with Crippen LogP contribution in [0.4, 0.5) is 0 Å². The van der Waals surface area contributed by atoms with Crippen LogP contribution in [0.1, 0.15) is 36.5 Å². The molecule has 1 heterocycles. The molecule has 74 valence electrons. The molecule has 0 saturated carbocycles. The van der Waals surface area contributed by atoms with Crippen molar-refractivity contribution in [1.82, 2.24) is 15.3 Å². The quantitative estimate of drug-likeness (QED) is 0.743. The Morgan fingerprint density at radius 3 is 2.54 bits per heavy atom. The Morgan fingerprint density at radius 2 is 2.15 bits per heavy atom. The Balaban J connectivity index is 2.78. The zero-order valence-electron chi connectivity index (χ0n) is 8.94. The second-order valence-corrected chi connectivity index (χ2v) is 3.50. The molecule has 0 bridgehead atoms. The number of imidazole rings is 1. The zero-order chi connectivity index (χ0) is 9.84. The predicted molar refractivity (Wildman–Crippen MR) is 55.0 cm³/mol. The third kappa shape index (κ3) is 2.31. The van der Waals surface area contributed by atoms with Crippen molar-refractivity contribution in [2.45, 2.75) is 33.1 Å². The Hall–Kier alpha value is -0.830. The third-order valence-electron chi connectivity index (χ3n) is 2.48. The second-order valence-electron chi connectivity index (χ2n) is 3.50. The molecule has 0 spiro atoms. The molecule has 0 fully saturated rings. The summed E-state index contributed by atoms with van der Waals surface area (Å²) in [7, 11) is 1.98. The van der Waals surface area contributed by atoms with Crippen LogP contribution in [0.5, 0.6) is 0 Å². The first-order valence-electron chi connectivity index (χ1n) is 4.86.